The summed E-state index contributed by atoms with van der Waals surface area (Å²) in [5.74, 6) is -0.361. The second kappa shape index (κ2) is 6.70. The van der Waals surface area contributed by atoms with Gasteiger partial charge in [-0.25, -0.2) is 0 Å². The third kappa shape index (κ3) is 3.22. The maximum Gasteiger partial charge on any atom is 0.263 e. The molecular weight excluding hydrogens is 306 g/mol. The first-order valence-corrected chi connectivity index (χ1v) is 7.94. The zero-order valence-corrected chi connectivity index (χ0v) is 13.5. The number of nitrogens with zero attached hydrogens (tertiary/aromatic N) is 2. The molecule has 0 radical (unpaired) electrons. The molecule has 1 aromatic heterocycles. The minimum Gasteiger partial charge on any atom is -0.322 e. The fraction of sp³-hybridized carbons (Fsp3) is 0.278. The number of anilines is 2. The number of rotatable bonds is 3. The molecule has 2 aromatic rings. The van der Waals surface area contributed by atoms with Gasteiger partial charge in [-0.3, -0.25) is 14.4 Å². The van der Waals surface area contributed by atoms with Crippen LogP contribution >= 0.6 is 0 Å². The molecule has 0 saturated carbocycles. The molecule has 1 aliphatic heterocycles. The molecule has 6 nitrogen and oxygen atoms in total. The lowest BCUT2D eigenvalue weighted by Gasteiger charge is -2.27. The van der Waals surface area contributed by atoms with E-state index in [1.165, 1.54) is 10.6 Å². The summed E-state index contributed by atoms with van der Waals surface area (Å²) >= 11 is 0. The number of amides is 2. The first-order chi connectivity index (χ1) is 11.6. The van der Waals surface area contributed by atoms with Gasteiger partial charge in [0.15, 0.2) is 0 Å². The van der Waals surface area contributed by atoms with Gasteiger partial charge in [0.1, 0.15) is 5.56 Å². The minimum atomic E-state index is -0.460. The van der Waals surface area contributed by atoms with Crippen molar-refractivity contribution in [3.8, 4) is 0 Å². The SMILES string of the molecule is Cn1cccc(C(=O)Nc2cccc(N3CCCCC3=O)c2)c1=O. The van der Waals surface area contributed by atoms with E-state index in [2.05, 4.69) is 5.32 Å². The predicted octanol–water partition coefficient (Wildman–Crippen LogP) is 2.15. The van der Waals surface area contributed by atoms with Gasteiger partial charge in [-0.05, 0) is 43.2 Å². The molecular formula is C18H19N3O3. The van der Waals surface area contributed by atoms with E-state index < -0.39 is 5.91 Å². The van der Waals surface area contributed by atoms with Crippen LogP contribution in [0.4, 0.5) is 11.4 Å². The Morgan fingerprint density at radius 3 is 2.75 bits per heavy atom. The van der Waals surface area contributed by atoms with Crippen LogP contribution in [0.1, 0.15) is 29.6 Å². The number of benzene rings is 1. The molecule has 1 aliphatic rings. The lowest BCUT2D eigenvalue weighted by atomic mass is 10.1. The van der Waals surface area contributed by atoms with Crippen molar-refractivity contribution in [3.63, 3.8) is 0 Å². The van der Waals surface area contributed by atoms with Gasteiger partial charge < -0.3 is 14.8 Å². The Hall–Kier alpha value is -2.89. The Morgan fingerprint density at radius 1 is 1.12 bits per heavy atom. The van der Waals surface area contributed by atoms with Crippen LogP contribution < -0.4 is 15.8 Å². The van der Waals surface area contributed by atoms with Gasteiger partial charge in [-0.1, -0.05) is 6.07 Å². The highest BCUT2D eigenvalue weighted by molar-refractivity contribution is 6.04. The van der Waals surface area contributed by atoms with Crippen LogP contribution in [0.3, 0.4) is 0 Å². The number of aryl methyl sites for hydroxylation is 1. The summed E-state index contributed by atoms with van der Waals surface area (Å²) in [4.78, 5) is 38.1. The molecule has 1 fully saturated rings. The predicted molar refractivity (Wildman–Crippen MR) is 92.3 cm³/mol. The molecule has 124 valence electrons. The number of carbonyl (C=O) groups is 2. The van der Waals surface area contributed by atoms with Crippen LogP contribution in [0.5, 0.6) is 0 Å². The Morgan fingerprint density at radius 2 is 1.96 bits per heavy atom. The highest BCUT2D eigenvalue weighted by atomic mass is 16.2. The van der Waals surface area contributed by atoms with E-state index in [0.717, 1.165) is 18.5 Å². The Balaban J connectivity index is 1.82. The minimum absolute atomic E-state index is 0.0828. The van der Waals surface area contributed by atoms with Gasteiger partial charge in [0.2, 0.25) is 5.91 Å². The molecule has 0 spiro atoms. The third-order valence-corrected chi connectivity index (χ3v) is 4.11. The molecule has 1 aromatic carbocycles. The molecule has 0 unspecified atom stereocenters. The number of nitrogens with one attached hydrogen (secondary N) is 1. The Kier molecular flexibility index (Phi) is 4.46. The highest BCUT2D eigenvalue weighted by Crippen LogP contribution is 2.24. The summed E-state index contributed by atoms with van der Waals surface area (Å²) in [6.07, 6.45) is 4.05. The molecule has 2 heterocycles. The molecule has 24 heavy (non-hydrogen) atoms. The number of piperidine rings is 1. The fourth-order valence-corrected chi connectivity index (χ4v) is 2.80. The van der Waals surface area contributed by atoms with Crippen molar-refractivity contribution in [1.82, 2.24) is 4.57 Å². The van der Waals surface area contributed by atoms with Crippen molar-refractivity contribution in [2.75, 3.05) is 16.8 Å². The topological polar surface area (TPSA) is 71.4 Å². The maximum absolute atomic E-state index is 12.3. The molecule has 1 saturated heterocycles. The summed E-state index contributed by atoms with van der Waals surface area (Å²) in [6, 6.07) is 10.3. The van der Waals surface area contributed by atoms with Crippen LogP contribution in [0.25, 0.3) is 0 Å². The molecule has 3 rings (SSSR count). The molecule has 1 N–H and O–H groups in total. The van der Waals surface area contributed by atoms with Crippen molar-refractivity contribution in [2.24, 2.45) is 7.05 Å². The van der Waals surface area contributed by atoms with Gasteiger partial charge in [-0.15, -0.1) is 0 Å². The van der Waals surface area contributed by atoms with E-state index in [-0.39, 0.29) is 17.0 Å². The van der Waals surface area contributed by atoms with E-state index in [1.807, 2.05) is 6.07 Å². The molecule has 2 amide bonds. The normalized spacial score (nSPS) is 14.5. The van der Waals surface area contributed by atoms with Crippen LogP contribution in [-0.2, 0) is 11.8 Å². The van der Waals surface area contributed by atoms with Crippen molar-refractivity contribution in [1.29, 1.82) is 0 Å². The fourth-order valence-electron chi connectivity index (χ4n) is 2.80. The smallest absolute Gasteiger partial charge is 0.263 e. The van der Waals surface area contributed by atoms with Crippen molar-refractivity contribution in [2.45, 2.75) is 19.3 Å². The van der Waals surface area contributed by atoms with Gasteiger partial charge >= 0.3 is 0 Å². The average Bonchev–Trinajstić information content (AvgIpc) is 2.58. The highest BCUT2D eigenvalue weighted by Gasteiger charge is 2.20. The Labute approximate surface area is 139 Å². The van der Waals surface area contributed by atoms with Crippen LogP contribution in [0, 0.1) is 0 Å². The zero-order valence-electron chi connectivity index (χ0n) is 13.5. The second-order valence-electron chi connectivity index (χ2n) is 5.84. The third-order valence-electron chi connectivity index (χ3n) is 4.11. The zero-order chi connectivity index (χ0) is 17.1. The molecule has 0 atom stereocenters. The lowest BCUT2D eigenvalue weighted by molar-refractivity contribution is -0.119. The van der Waals surface area contributed by atoms with Gasteiger partial charge in [0, 0.05) is 37.6 Å². The molecule has 0 aliphatic carbocycles. The quantitative estimate of drug-likeness (QED) is 0.940. The summed E-state index contributed by atoms with van der Waals surface area (Å²) in [7, 11) is 1.60. The second-order valence-corrected chi connectivity index (χ2v) is 5.84. The lowest BCUT2D eigenvalue weighted by Crippen LogP contribution is -2.35. The van der Waals surface area contributed by atoms with Crippen LogP contribution in [-0.4, -0.2) is 22.9 Å². The summed E-state index contributed by atoms with van der Waals surface area (Å²) in [6.45, 7) is 0.690. The van der Waals surface area contributed by atoms with Crippen molar-refractivity contribution < 1.29 is 9.59 Å². The van der Waals surface area contributed by atoms with Crippen molar-refractivity contribution >= 4 is 23.2 Å². The largest absolute Gasteiger partial charge is 0.322 e. The standard InChI is InChI=1S/C18H19N3O3/c1-20-10-5-8-15(18(20)24)17(23)19-13-6-4-7-14(12-13)21-11-3-2-9-16(21)22/h4-8,10,12H,2-3,9,11H2,1H3,(H,19,23). The van der Waals surface area contributed by atoms with E-state index in [9.17, 15) is 14.4 Å². The monoisotopic (exact) mass is 325 g/mol. The number of carbonyl (C=O) groups excluding carboxylic acids is 2. The number of pyridine rings is 1. The molecule has 0 bridgehead atoms. The van der Waals surface area contributed by atoms with Gasteiger partial charge in [0.05, 0.1) is 0 Å². The van der Waals surface area contributed by atoms with Crippen molar-refractivity contribution in [3.05, 3.63) is 58.5 Å². The number of hydrogen-bond acceptors (Lipinski definition) is 3. The van der Waals surface area contributed by atoms with Crippen LogP contribution in [0.2, 0.25) is 0 Å². The van der Waals surface area contributed by atoms with E-state index >= 15 is 0 Å². The first-order valence-electron chi connectivity index (χ1n) is 7.94. The van der Waals surface area contributed by atoms with Crippen LogP contribution in [0.15, 0.2) is 47.4 Å². The number of aromatic nitrogens is 1. The summed E-state index contributed by atoms with van der Waals surface area (Å²) in [5.41, 5.74) is 1.05. The summed E-state index contributed by atoms with van der Waals surface area (Å²) < 4.78 is 1.36. The number of hydrogen-bond donors (Lipinski definition) is 1. The average molecular weight is 325 g/mol. The first kappa shape index (κ1) is 16.0. The van der Waals surface area contributed by atoms with E-state index in [4.69, 9.17) is 0 Å². The van der Waals surface area contributed by atoms with E-state index in [1.54, 1.807) is 42.4 Å². The molecule has 6 heteroatoms. The summed E-state index contributed by atoms with van der Waals surface area (Å²) in [5, 5.41) is 2.73. The van der Waals surface area contributed by atoms with E-state index in [0.29, 0.717) is 18.7 Å². The Bertz CT molecular complexity index is 841. The van der Waals surface area contributed by atoms with Gasteiger partial charge in [-0.2, -0.15) is 0 Å². The maximum atomic E-state index is 12.3. The van der Waals surface area contributed by atoms with Gasteiger partial charge in [0.25, 0.3) is 11.5 Å².